The van der Waals surface area contributed by atoms with Crippen molar-refractivity contribution in [2.24, 2.45) is 0 Å². The molecular formula is C14H20ClN3O. The van der Waals surface area contributed by atoms with Gasteiger partial charge in [0.25, 0.3) is 0 Å². The molecule has 0 amide bonds. The number of hydrogen-bond acceptors (Lipinski definition) is 3. The second kappa shape index (κ2) is 6.59. The summed E-state index contributed by atoms with van der Waals surface area (Å²) in [7, 11) is 0. The van der Waals surface area contributed by atoms with Crippen LogP contribution in [0, 0.1) is 13.8 Å². The van der Waals surface area contributed by atoms with Crippen LogP contribution in [-0.2, 0) is 13.0 Å². The molecule has 0 unspecified atom stereocenters. The van der Waals surface area contributed by atoms with E-state index in [-0.39, 0.29) is 19.0 Å². The summed E-state index contributed by atoms with van der Waals surface area (Å²) in [5.74, 6) is 0. The zero-order chi connectivity index (χ0) is 13.1. The average Bonchev–Trinajstić information content (AvgIpc) is 2.60. The van der Waals surface area contributed by atoms with Gasteiger partial charge in [-0.15, -0.1) is 12.4 Å². The van der Waals surface area contributed by atoms with Crippen LogP contribution in [0.3, 0.4) is 0 Å². The fourth-order valence-corrected chi connectivity index (χ4v) is 2.14. The minimum atomic E-state index is 0. The molecule has 0 spiro atoms. The fourth-order valence-electron chi connectivity index (χ4n) is 2.14. The van der Waals surface area contributed by atoms with Crippen LogP contribution in [0.4, 0.5) is 5.69 Å². The Morgan fingerprint density at radius 2 is 1.84 bits per heavy atom. The Kier molecular flexibility index (Phi) is 5.39. The standard InChI is InChI=1S/C14H19N3O.ClH/c1-10-14(11(2)17(16-10)7-8-18)9-12-3-5-13(15)6-4-12;/h3-6,18H,7-9,15H2,1-2H3;1H. The first-order valence-corrected chi connectivity index (χ1v) is 6.10. The number of nitrogens with zero attached hydrogens (tertiary/aromatic N) is 2. The topological polar surface area (TPSA) is 64.1 Å². The molecule has 2 rings (SSSR count). The average molecular weight is 282 g/mol. The summed E-state index contributed by atoms with van der Waals surface area (Å²) in [6.07, 6.45) is 0.851. The Bertz CT molecular complexity index is 534. The Morgan fingerprint density at radius 1 is 1.21 bits per heavy atom. The van der Waals surface area contributed by atoms with Gasteiger partial charge in [-0.25, -0.2) is 0 Å². The Balaban J connectivity index is 0.00000180. The highest BCUT2D eigenvalue weighted by molar-refractivity contribution is 5.85. The molecule has 0 aliphatic heterocycles. The zero-order valence-electron chi connectivity index (χ0n) is 11.3. The third kappa shape index (κ3) is 3.49. The Morgan fingerprint density at radius 3 is 2.42 bits per heavy atom. The monoisotopic (exact) mass is 281 g/mol. The molecule has 0 bridgehead atoms. The van der Waals surface area contributed by atoms with E-state index in [2.05, 4.69) is 5.10 Å². The summed E-state index contributed by atoms with van der Waals surface area (Å²) in [5, 5.41) is 13.4. The molecule has 0 radical (unpaired) electrons. The predicted molar refractivity (Wildman–Crippen MR) is 79.7 cm³/mol. The largest absolute Gasteiger partial charge is 0.399 e. The van der Waals surface area contributed by atoms with Gasteiger partial charge in [0.05, 0.1) is 18.8 Å². The molecule has 19 heavy (non-hydrogen) atoms. The quantitative estimate of drug-likeness (QED) is 0.844. The maximum Gasteiger partial charge on any atom is 0.0644 e. The number of rotatable bonds is 4. The molecule has 0 aliphatic rings. The second-order valence-electron chi connectivity index (χ2n) is 4.51. The van der Waals surface area contributed by atoms with Crippen LogP contribution < -0.4 is 5.73 Å². The number of aryl methyl sites for hydroxylation is 1. The molecule has 2 aromatic rings. The molecule has 1 heterocycles. The van der Waals surface area contributed by atoms with Gasteiger partial charge in [-0.1, -0.05) is 12.1 Å². The van der Waals surface area contributed by atoms with Gasteiger partial charge in [0.1, 0.15) is 0 Å². The van der Waals surface area contributed by atoms with Crippen LogP contribution in [0.5, 0.6) is 0 Å². The van der Waals surface area contributed by atoms with Crippen LogP contribution in [0.25, 0.3) is 0 Å². The number of halogens is 1. The number of anilines is 1. The summed E-state index contributed by atoms with van der Waals surface area (Å²) in [4.78, 5) is 0. The summed E-state index contributed by atoms with van der Waals surface area (Å²) in [6, 6.07) is 7.91. The fraction of sp³-hybridized carbons (Fsp3) is 0.357. The van der Waals surface area contributed by atoms with E-state index >= 15 is 0 Å². The van der Waals surface area contributed by atoms with Gasteiger partial charge in [0.2, 0.25) is 0 Å². The van der Waals surface area contributed by atoms with Crippen LogP contribution in [0.15, 0.2) is 24.3 Å². The van der Waals surface area contributed by atoms with Crippen molar-refractivity contribution in [2.45, 2.75) is 26.8 Å². The molecule has 0 aliphatic carbocycles. The summed E-state index contributed by atoms with van der Waals surface area (Å²) in [6.45, 7) is 4.72. The number of nitrogen functional groups attached to an aromatic ring is 1. The molecule has 0 atom stereocenters. The molecule has 1 aromatic carbocycles. The van der Waals surface area contributed by atoms with Crippen molar-refractivity contribution in [1.29, 1.82) is 0 Å². The number of aliphatic hydroxyl groups excluding tert-OH is 1. The maximum atomic E-state index is 8.99. The molecule has 0 saturated heterocycles. The predicted octanol–water partition coefficient (Wildman–Crippen LogP) is 2.09. The first-order valence-electron chi connectivity index (χ1n) is 6.10. The van der Waals surface area contributed by atoms with Gasteiger partial charge >= 0.3 is 0 Å². The van der Waals surface area contributed by atoms with Gasteiger partial charge in [-0.2, -0.15) is 5.10 Å². The molecule has 104 valence electrons. The van der Waals surface area contributed by atoms with E-state index in [1.165, 1.54) is 11.1 Å². The minimum Gasteiger partial charge on any atom is -0.399 e. The lowest BCUT2D eigenvalue weighted by molar-refractivity contribution is 0.268. The third-order valence-electron chi connectivity index (χ3n) is 3.20. The van der Waals surface area contributed by atoms with E-state index in [0.29, 0.717) is 6.54 Å². The lowest BCUT2D eigenvalue weighted by Gasteiger charge is -2.04. The number of nitrogens with two attached hydrogens (primary N) is 1. The van der Waals surface area contributed by atoms with E-state index in [1.54, 1.807) is 0 Å². The Labute approximate surface area is 119 Å². The van der Waals surface area contributed by atoms with Crippen LogP contribution >= 0.6 is 12.4 Å². The van der Waals surface area contributed by atoms with E-state index in [0.717, 1.165) is 23.5 Å². The van der Waals surface area contributed by atoms with Crippen LogP contribution in [-0.4, -0.2) is 21.5 Å². The molecule has 4 nitrogen and oxygen atoms in total. The summed E-state index contributed by atoms with van der Waals surface area (Å²) in [5.41, 5.74) is 11.1. The number of aromatic nitrogens is 2. The molecule has 3 N–H and O–H groups in total. The minimum absolute atomic E-state index is 0. The van der Waals surface area contributed by atoms with Gasteiger partial charge in [0, 0.05) is 23.4 Å². The van der Waals surface area contributed by atoms with Gasteiger partial charge in [-0.3, -0.25) is 4.68 Å². The molecule has 5 heteroatoms. The number of hydrogen-bond donors (Lipinski definition) is 2. The smallest absolute Gasteiger partial charge is 0.0644 e. The van der Waals surface area contributed by atoms with Crippen LogP contribution in [0.2, 0.25) is 0 Å². The van der Waals surface area contributed by atoms with Crippen LogP contribution in [0.1, 0.15) is 22.5 Å². The molecule has 0 saturated carbocycles. The van der Waals surface area contributed by atoms with Crippen molar-refractivity contribution < 1.29 is 5.11 Å². The molecule has 1 aromatic heterocycles. The van der Waals surface area contributed by atoms with Crippen molar-refractivity contribution in [3.05, 3.63) is 46.8 Å². The molecular weight excluding hydrogens is 262 g/mol. The van der Waals surface area contributed by atoms with E-state index < -0.39 is 0 Å². The zero-order valence-corrected chi connectivity index (χ0v) is 12.1. The van der Waals surface area contributed by atoms with Gasteiger partial charge in [-0.05, 0) is 31.5 Å². The van der Waals surface area contributed by atoms with E-state index in [4.69, 9.17) is 10.8 Å². The van der Waals surface area contributed by atoms with E-state index in [1.807, 2.05) is 42.8 Å². The van der Waals surface area contributed by atoms with Crippen molar-refractivity contribution in [1.82, 2.24) is 9.78 Å². The molecule has 0 fully saturated rings. The normalized spacial score (nSPS) is 10.3. The van der Waals surface area contributed by atoms with Crippen molar-refractivity contribution in [3.8, 4) is 0 Å². The summed E-state index contributed by atoms with van der Waals surface area (Å²) >= 11 is 0. The maximum absolute atomic E-state index is 8.99. The number of aliphatic hydroxyl groups is 1. The van der Waals surface area contributed by atoms with Gasteiger partial charge in [0.15, 0.2) is 0 Å². The Hall–Kier alpha value is -1.52. The lowest BCUT2D eigenvalue weighted by atomic mass is 10.0. The van der Waals surface area contributed by atoms with Crippen molar-refractivity contribution in [2.75, 3.05) is 12.3 Å². The summed E-state index contributed by atoms with van der Waals surface area (Å²) < 4.78 is 1.86. The van der Waals surface area contributed by atoms with Gasteiger partial charge < -0.3 is 10.8 Å². The number of benzene rings is 1. The van der Waals surface area contributed by atoms with Crippen molar-refractivity contribution in [3.63, 3.8) is 0 Å². The highest BCUT2D eigenvalue weighted by Gasteiger charge is 2.11. The SMILES string of the molecule is Cc1nn(CCO)c(C)c1Cc1ccc(N)cc1.Cl. The third-order valence-corrected chi connectivity index (χ3v) is 3.20. The lowest BCUT2D eigenvalue weighted by Crippen LogP contribution is -2.06. The highest BCUT2D eigenvalue weighted by Crippen LogP contribution is 2.18. The first-order chi connectivity index (χ1) is 8.61. The van der Waals surface area contributed by atoms with E-state index in [9.17, 15) is 0 Å². The first kappa shape index (κ1) is 15.5. The highest BCUT2D eigenvalue weighted by atomic mass is 35.5. The van der Waals surface area contributed by atoms with Crippen molar-refractivity contribution >= 4 is 18.1 Å². The second-order valence-corrected chi connectivity index (χ2v) is 4.51.